The van der Waals surface area contributed by atoms with Gasteiger partial charge in [0.05, 0.1) is 0 Å². The Morgan fingerprint density at radius 2 is 2.12 bits per heavy atom. The van der Waals surface area contributed by atoms with E-state index in [1.807, 2.05) is 53.2 Å². The number of nitrogens with zero attached hydrogens (tertiary/aromatic N) is 4. The van der Waals surface area contributed by atoms with Crippen LogP contribution in [0.25, 0.3) is 11.8 Å². The Hall–Kier alpha value is -2.76. The average molecular weight is 400 g/mol. The molecular formula is C16H10BrN5OS. The van der Waals surface area contributed by atoms with Crippen LogP contribution in [0.1, 0.15) is 5.69 Å². The average Bonchev–Trinajstić information content (AvgIpc) is 3.25. The van der Waals surface area contributed by atoms with Crippen LogP contribution in [-0.2, 0) is 4.79 Å². The van der Waals surface area contributed by atoms with Gasteiger partial charge < -0.3 is 4.57 Å². The molecule has 0 atom stereocenters. The number of nitriles is 1. The van der Waals surface area contributed by atoms with Crippen LogP contribution in [0.2, 0.25) is 0 Å². The minimum atomic E-state index is -0.516. The third-order valence-corrected chi connectivity index (χ3v) is 4.26. The highest BCUT2D eigenvalue weighted by molar-refractivity contribution is 9.10. The molecule has 3 rings (SSSR count). The zero-order valence-corrected chi connectivity index (χ0v) is 14.6. The zero-order valence-electron chi connectivity index (χ0n) is 12.2. The molecule has 0 saturated heterocycles. The molecule has 8 heteroatoms. The highest BCUT2D eigenvalue weighted by atomic mass is 79.9. The first-order valence-electron chi connectivity index (χ1n) is 6.80. The van der Waals surface area contributed by atoms with Gasteiger partial charge in [-0.2, -0.15) is 5.26 Å². The SMILES string of the molecule is N#C/C(=C/c1cccn1-c1ccc(Br)cc1)C(=O)Nc1nncs1. The van der Waals surface area contributed by atoms with E-state index >= 15 is 0 Å². The number of benzene rings is 1. The minimum absolute atomic E-state index is 0.0118. The molecule has 0 radical (unpaired) electrons. The van der Waals surface area contributed by atoms with E-state index in [1.54, 1.807) is 6.08 Å². The highest BCUT2D eigenvalue weighted by Gasteiger charge is 2.12. The number of rotatable bonds is 4. The predicted octanol–water partition coefficient (Wildman–Crippen LogP) is 3.64. The number of hydrogen-bond acceptors (Lipinski definition) is 5. The number of amides is 1. The summed E-state index contributed by atoms with van der Waals surface area (Å²) in [6.07, 6.45) is 3.41. The molecule has 2 heterocycles. The van der Waals surface area contributed by atoms with E-state index in [2.05, 4.69) is 31.4 Å². The minimum Gasteiger partial charge on any atom is -0.317 e. The fourth-order valence-corrected chi connectivity index (χ4v) is 2.74. The number of aromatic nitrogens is 3. The number of halogens is 1. The first-order valence-corrected chi connectivity index (χ1v) is 8.47. The maximum Gasteiger partial charge on any atom is 0.268 e. The molecule has 3 aromatic rings. The lowest BCUT2D eigenvalue weighted by molar-refractivity contribution is -0.112. The molecular weight excluding hydrogens is 390 g/mol. The fourth-order valence-electron chi connectivity index (χ4n) is 2.04. The van der Waals surface area contributed by atoms with Gasteiger partial charge in [-0.1, -0.05) is 27.3 Å². The Morgan fingerprint density at radius 3 is 2.79 bits per heavy atom. The number of carbonyl (C=O) groups excluding carboxylic acids is 1. The van der Waals surface area contributed by atoms with E-state index in [9.17, 15) is 10.1 Å². The van der Waals surface area contributed by atoms with Gasteiger partial charge in [-0.05, 0) is 42.5 Å². The molecule has 0 aliphatic rings. The van der Waals surface area contributed by atoms with Crippen LogP contribution in [0.5, 0.6) is 0 Å². The Labute approximate surface area is 150 Å². The molecule has 0 spiro atoms. The van der Waals surface area contributed by atoms with E-state index in [1.165, 1.54) is 16.8 Å². The molecule has 1 aromatic carbocycles. The monoisotopic (exact) mass is 399 g/mol. The summed E-state index contributed by atoms with van der Waals surface area (Å²) in [6, 6.07) is 13.3. The molecule has 0 aliphatic heterocycles. The lowest BCUT2D eigenvalue weighted by Gasteiger charge is -2.07. The lowest BCUT2D eigenvalue weighted by Crippen LogP contribution is -2.13. The van der Waals surface area contributed by atoms with Crippen LogP contribution < -0.4 is 5.32 Å². The topological polar surface area (TPSA) is 83.6 Å². The van der Waals surface area contributed by atoms with Crippen molar-refractivity contribution in [2.75, 3.05) is 5.32 Å². The van der Waals surface area contributed by atoms with Crippen molar-refractivity contribution >= 4 is 44.4 Å². The van der Waals surface area contributed by atoms with Gasteiger partial charge in [-0.15, -0.1) is 10.2 Å². The van der Waals surface area contributed by atoms with Crippen molar-refractivity contribution in [3.63, 3.8) is 0 Å². The van der Waals surface area contributed by atoms with Crippen LogP contribution >= 0.6 is 27.3 Å². The lowest BCUT2D eigenvalue weighted by atomic mass is 10.2. The van der Waals surface area contributed by atoms with Crippen molar-refractivity contribution in [2.24, 2.45) is 0 Å². The maximum absolute atomic E-state index is 12.2. The molecule has 0 unspecified atom stereocenters. The van der Waals surface area contributed by atoms with Gasteiger partial charge in [0.2, 0.25) is 5.13 Å². The van der Waals surface area contributed by atoms with E-state index in [0.29, 0.717) is 5.13 Å². The van der Waals surface area contributed by atoms with E-state index in [4.69, 9.17) is 0 Å². The predicted molar refractivity (Wildman–Crippen MR) is 95.6 cm³/mol. The van der Waals surface area contributed by atoms with Crippen molar-refractivity contribution in [1.29, 1.82) is 5.26 Å². The first kappa shape index (κ1) is 16.1. The Balaban J connectivity index is 1.89. The van der Waals surface area contributed by atoms with Gasteiger partial charge in [0.1, 0.15) is 17.2 Å². The van der Waals surface area contributed by atoms with Gasteiger partial charge in [0.25, 0.3) is 5.91 Å². The molecule has 1 amide bonds. The van der Waals surface area contributed by atoms with E-state index < -0.39 is 5.91 Å². The molecule has 24 heavy (non-hydrogen) atoms. The smallest absolute Gasteiger partial charge is 0.268 e. The summed E-state index contributed by atoms with van der Waals surface area (Å²) in [5.74, 6) is -0.516. The van der Waals surface area contributed by atoms with Gasteiger partial charge in [-0.25, -0.2) is 0 Å². The number of carbonyl (C=O) groups is 1. The standard InChI is InChI=1S/C16H10BrN5OS/c17-12-3-5-13(6-4-12)22-7-1-2-14(22)8-11(9-18)15(23)20-16-21-19-10-24-16/h1-8,10H,(H,20,21,23)/b11-8-. The second kappa shape index (κ2) is 7.21. The highest BCUT2D eigenvalue weighted by Crippen LogP contribution is 2.19. The fraction of sp³-hybridized carbons (Fsp3) is 0. The Morgan fingerprint density at radius 1 is 1.33 bits per heavy atom. The number of nitrogens with one attached hydrogen (secondary N) is 1. The van der Waals surface area contributed by atoms with Gasteiger partial charge in [0, 0.05) is 22.1 Å². The summed E-state index contributed by atoms with van der Waals surface area (Å²) in [6.45, 7) is 0. The van der Waals surface area contributed by atoms with Crippen molar-refractivity contribution < 1.29 is 4.79 Å². The number of anilines is 1. The maximum atomic E-state index is 12.2. The quantitative estimate of drug-likeness (QED) is 0.536. The van der Waals surface area contributed by atoms with Crippen molar-refractivity contribution in [3.05, 3.63) is 63.8 Å². The van der Waals surface area contributed by atoms with E-state index in [0.717, 1.165) is 15.9 Å². The molecule has 6 nitrogen and oxygen atoms in total. The van der Waals surface area contributed by atoms with Crippen molar-refractivity contribution in [1.82, 2.24) is 14.8 Å². The third kappa shape index (κ3) is 3.59. The van der Waals surface area contributed by atoms with Crippen LogP contribution in [-0.4, -0.2) is 20.7 Å². The van der Waals surface area contributed by atoms with Crippen LogP contribution in [0.3, 0.4) is 0 Å². The van der Waals surface area contributed by atoms with Crippen LogP contribution in [0, 0.1) is 11.3 Å². The Bertz CT molecular complexity index is 922. The molecule has 0 fully saturated rings. The molecule has 0 saturated carbocycles. The van der Waals surface area contributed by atoms with Crippen molar-refractivity contribution in [3.8, 4) is 11.8 Å². The van der Waals surface area contributed by atoms with Crippen LogP contribution in [0.15, 0.2) is 58.2 Å². The molecule has 0 aliphatic carbocycles. The number of hydrogen-bond donors (Lipinski definition) is 1. The molecule has 0 bridgehead atoms. The summed E-state index contributed by atoms with van der Waals surface area (Å²) in [5.41, 5.74) is 3.14. The summed E-state index contributed by atoms with van der Waals surface area (Å²) in [7, 11) is 0. The Kier molecular flexibility index (Phi) is 4.84. The first-order chi connectivity index (χ1) is 11.7. The zero-order chi connectivity index (χ0) is 16.9. The molecule has 2 aromatic heterocycles. The molecule has 118 valence electrons. The normalized spacial score (nSPS) is 11.1. The summed E-state index contributed by atoms with van der Waals surface area (Å²) < 4.78 is 2.87. The summed E-state index contributed by atoms with van der Waals surface area (Å²) >= 11 is 4.59. The van der Waals surface area contributed by atoms with Gasteiger partial charge in [0.15, 0.2) is 0 Å². The van der Waals surface area contributed by atoms with Gasteiger partial charge >= 0.3 is 0 Å². The third-order valence-electron chi connectivity index (χ3n) is 3.12. The van der Waals surface area contributed by atoms with Crippen LogP contribution in [0.4, 0.5) is 5.13 Å². The second-order valence-electron chi connectivity index (χ2n) is 4.65. The largest absolute Gasteiger partial charge is 0.317 e. The van der Waals surface area contributed by atoms with Gasteiger partial charge in [-0.3, -0.25) is 10.1 Å². The summed E-state index contributed by atoms with van der Waals surface area (Å²) in [5, 5.41) is 19.6. The second-order valence-corrected chi connectivity index (χ2v) is 6.40. The summed E-state index contributed by atoms with van der Waals surface area (Å²) in [4.78, 5) is 12.2. The van der Waals surface area contributed by atoms with E-state index in [-0.39, 0.29) is 5.57 Å². The molecule has 1 N–H and O–H groups in total. The van der Waals surface area contributed by atoms with Crippen molar-refractivity contribution in [2.45, 2.75) is 0 Å².